The summed E-state index contributed by atoms with van der Waals surface area (Å²) in [5.41, 5.74) is -0.0396. The van der Waals surface area contributed by atoms with Gasteiger partial charge in [-0.15, -0.1) is 0 Å². The second-order valence-corrected chi connectivity index (χ2v) is 7.70. The third-order valence-corrected chi connectivity index (χ3v) is 4.38. The van der Waals surface area contributed by atoms with Crippen molar-refractivity contribution in [2.75, 3.05) is 6.61 Å². The third-order valence-electron chi connectivity index (χ3n) is 3.85. The zero-order chi connectivity index (χ0) is 18.5. The van der Waals surface area contributed by atoms with E-state index in [-0.39, 0.29) is 6.61 Å². The zero-order valence-corrected chi connectivity index (χ0v) is 16.3. The lowest BCUT2D eigenvalue weighted by Gasteiger charge is -2.34. The molecule has 0 amide bonds. The lowest BCUT2D eigenvalue weighted by atomic mass is 9.82. The van der Waals surface area contributed by atoms with E-state index in [0.717, 1.165) is 0 Å². The Hall–Kier alpha value is -0.810. The molecule has 136 valence electrons. The highest BCUT2D eigenvalue weighted by atomic mass is 35.6. The molecule has 3 nitrogen and oxygen atoms in total. The van der Waals surface area contributed by atoms with Gasteiger partial charge in [0.1, 0.15) is 11.7 Å². The highest BCUT2D eigenvalue weighted by molar-refractivity contribution is 6.67. The van der Waals surface area contributed by atoms with Gasteiger partial charge in [-0.3, -0.25) is 0 Å². The Balaban J connectivity index is 0.00000109. The minimum Gasteiger partial charge on any atom is -0.378 e. The standard InChI is InChI=1S/C17H15Cl3O3.C2H6/c18-17(19,20)15-22-11-14(23-15)16(21,12-7-3-1-4-8-12)13-9-5-2-6-10-13;1-2/h1-10,14-15,21H,11H2;1-2H3. The summed E-state index contributed by atoms with van der Waals surface area (Å²) in [6.07, 6.45) is -1.73. The van der Waals surface area contributed by atoms with Gasteiger partial charge >= 0.3 is 0 Å². The van der Waals surface area contributed by atoms with Crippen LogP contribution in [-0.2, 0) is 15.1 Å². The van der Waals surface area contributed by atoms with E-state index < -0.39 is 21.8 Å². The number of rotatable bonds is 3. The topological polar surface area (TPSA) is 38.7 Å². The van der Waals surface area contributed by atoms with Crippen molar-refractivity contribution in [2.24, 2.45) is 0 Å². The molecule has 25 heavy (non-hydrogen) atoms. The number of alkyl halides is 3. The SMILES string of the molecule is CC.OC(c1ccccc1)(c1ccccc1)C1COC(C(Cl)(Cl)Cl)O1. The fraction of sp³-hybridized carbons (Fsp3) is 0.368. The van der Waals surface area contributed by atoms with E-state index in [1.165, 1.54) is 0 Å². The molecular formula is C19H21Cl3O3. The van der Waals surface area contributed by atoms with E-state index in [4.69, 9.17) is 44.3 Å². The van der Waals surface area contributed by atoms with E-state index in [1.54, 1.807) is 0 Å². The summed E-state index contributed by atoms with van der Waals surface area (Å²) in [7, 11) is 0. The van der Waals surface area contributed by atoms with Crippen LogP contribution in [-0.4, -0.2) is 27.9 Å². The summed E-state index contributed by atoms with van der Waals surface area (Å²) in [4.78, 5) is 0. The molecule has 0 bridgehead atoms. The van der Waals surface area contributed by atoms with Gasteiger partial charge in [0.15, 0.2) is 0 Å². The van der Waals surface area contributed by atoms with E-state index in [0.29, 0.717) is 11.1 Å². The normalized spacial score (nSPS) is 20.7. The maximum atomic E-state index is 11.5. The number of benzene rings is 2. The van der Waals surface area contributed by atoms with Crippen LogP contribution >= 0.6 is 34.8 Å². The van der Waals surface area contributed by atoms with Gasteiger partial charge in [-0.2, -0.15) is 0 Å². The summed E-state index contributed by atoms with van der Waals surface area (Å²) in [6, 6.07) is 18.5. The molecule has 2 aromatic rings. The van der Waals surface area contributed by atoms with Crippen LogP contribution in [0.15, 0.2) is 60.7 Å². The summed E-state index contributed by atoms with van der Waals surface area (Å²) in [5, 5.41) is 11.5. The van der Waals surface area contributed by atoms with Crippen molar-refractivity contribution in [1.29, 1.82) is 0 Å². The van der Waals surface area contributed by atoms with Gasteiger partial charge in [-0.1, -0.05) is 109 Å². The molecule has 1 heterocycles. The van der Waals surface area contributed by atoms with Crippen molar-refractivity contribution in [3.8, 4) is 0 Å². The van der Waals surface area contributed by atoms with Gasteiger partial charge < -0.3 is 14.6 Å². The lowest BCUT2D eigenvalue weighted by Crippen LogP contribution is -2.43. The highest BCUT2D eigenvalue weighted by Crippen LogP contribution is 2.42. The average molecular weight is 404 g/mol. The summed E-state index contributed by atoms with van der Waals surface area (Å²) < 4.78 is 9.45. The fourth-order valence-corrected chi connectivity index (χ4v) is 3.06. The molecule has 6 heteroatoms. The maximum Gasteiger partial charge on any atom is 0.240 e. The van der Waals surface area contributed by atoms with Crippen molar-refractivity contribution in [3.05, 3.63) is 71.8 Å². The van der Waals surface area contributed by atoms with Gasteiger partial charge in [0.2, 0.25) is 10.1 Å². The number of ether oxygens (including phenoxy) is 2. The third kappa shape index (κ3) is 4.48. The van der Waals surface area contributed by atoms with Crippen LogP contribution in [0.5, 0.6) is 0 Å². The second kappa shape index (κ2) is 8.72. The smallest absolute Gasteiger partial charge is 0.240 e. The Labute approximate surface area is 163 Å². The molecule has 3 rings (SSSR count). The first-order valence-electron chi connectivity index (χ1n) is 8.09. The second-order valence-electron chi connectivity index (χ2n) is 5.33. The molecule has 1 saturated heterocycles. The zero-order valence-electron chi connectivity index (χ0n) is 14.0. The van der Waals surface area contributed by atoms with Crippen molar-refractivity contribution in [3.63, 3.8) is 0 Å². The van der Waals surface area contributed by atoms with Crippen LogP contribution in [0.4, 0.5) is 0 Å². The number of hydrogen-bond donors (Lipinski definition) is 1. The first kappa shape index (κ1) is 20.5. The predicted octanol–water partition coefficient (Wildman–Crippen LogP) is 5.06. The summed E-state index contributed by atoms with van der Waals surface area (Å²) in [5.74, 6) is 0. The van der Waals surface area contributed by atoms with Crippen LogP contribution in [0.2, 0.25) is 0 Å². The van der Waals surface area contributed by atoms with Crippen LogP contribution in [0, 0.1) is 0 Å². The van der Waals surface area contributed by atoms with Gasteiger partial charge in [0, 0.05) is 0 Å². The Bertz CT molecular complexity index is 604. The van der Waals surface area contributed by atoms with Gasteiger partial charge in [0.25, 0.3) is 0 Å². The predicted molar refractivity (Wildman–Crippen MR) is 102 cm³/mol. The highest BCUT2D eigenvalue weighted by Gasteiger charge is 2.50. The molecule has 2 unspecified atom stereocenters. The Kier molecular flexibility index (Phi) is 7.15. The molecule has 2 aromatic carbocycles. The average Bonchev–Trinajstić information content (AvgIpc) is 3.15. The molecule has 0 spiro atoms. The molecule has 1 aliphatic rings. The van der Waals surface area contributed by atoms with Gasteiger partial charge in [-0.05, 0) is 11.1 Å². The molecule has 1 N–H and O–H groups in total. The minimum atomic E-state index is -1.72. The number of halogens is 3. The minimum absolute atomic E-state index is 0.110. The summed E-state index contributed by atoms with van der Waals surface area (Å²) in [6.45, 7) is 4.11. The lowest BCUT2D eigenvalue weighted by molar-refractivity contribution is -0.104. The van der Waals surface area contributed by atoms with Crippen LogP contribution in [0.1, 0.15) is 25.0 Å². The molecule has 0 radical (unpaired) electrons. The maximum absolute atomic E-state index is 11.5. The molecule has 0 aliphatic carbocycles. The number of hydrogen-bond acceptors (Lipinski definition) is 3. The first-order chi connectivity index (χ1) is 11.9. The van der Waals surface area contributed by atoms with E-state index in [2.05, 4.69) is 0 Å². The van der Waals surface area contributed by atoms with E-state index in [1.807, 2.05) is 74.5 Å². The molecule has 1 aliphatic heterocycles. The molecule has 0 saturated carbocycles. The van der Waals surface area contributed by atoms with E-state index in [9.17, 15) is 5.11 Å². The monoisotopic (exact) mass is 402 g/mol. The Morgan fingerprint density at radius 1 is 0.880 bits per heavy atom. The van der Waals surface area contributed by atoms with Crippen LogP contribution in [0.25, 0.3) is 0 Å². The quantitative estimate of drug-likeness (QED) is 0.728. The Morgan fingerprint density at radius 3 is 1.68 bits per heavy atom. The van der Waals surface area contributed by atoms with Crippen molar-refractivity contribution in [2.45, 2.75) is 35.6 Å². The van der Waals surface area contributed by atoms with Crippen molar-refractivity contribution >= 4 is 34.8 Å². The van der Waals surface area contributed by atoms with E-state index >= 15 is 0 Å². The fourth-order valence-electron chi connectivity index (χ4n) is 2.72. The van der Waals surface area contributed by atoms with Crippen molar-refractivity contribution in [1.82, 2.24) is 0 Å². The van der Waals surface area contributed by atoms with Crippen molar-refractivity contribution < 1.29 is 14.6 Å². The number of aliphatic hydroxyl groups is 1. The summed E-state index contributed by atoms with van der Waals surface area (Å²) >= 11 is 17.5. The Morgan fingerprint density at radius 2 is 1.32 bits per heavy atom. The van der Waals surface area contributed by atoms with Gasteiger partial charge in [-0.25, -0.2) is 0 Å². The largest absolute Gasteiger partial charge is 0.378 e. The molecule has 2 atom stereocenters. The first-order valence-corrected chi connectivity index (χ1v) is 9.23. The van der Waals surface area contributed by atoms with Gasteiger partial charge in [0.05, 0.1) is 6.61 Å². The molecular weight excluding hydrogens is 383 g/mol. The molecule has 1 fully saturated rings. The van der Waals surface area contributed by atoms with Crippen LogP contribution in [0.3, 0.4) is 0 Å². The molecule has 0 aromatic heterocycles. The van der Waals surface area contributed by atoms with Crippen LogP contribution < -0.4 is 0 Å².